The second kappa shape index (κ2) is 3.96. The minimum absolute atomic E-state index is 0.633. The third kappa shape index (κ3) is 1.37. The zero-order valence-corrected chi connectivity index (χ0v) is 11.6. The molecule has 0 aromatic rings. The Kier molecular flexibility index (Phi) is 2.49. The molecule has 1 saturated heterocycles. The summed E-state index contributed by atoms with van der Waals surface area (Å²) in [4.78, 5) is 2.67. The van der Waals surface area contributed by atoms with E-state index in [-0.39, 0.29) is 0 Å². The molecule has 0 amide bonds. The van der Waals surface area contributed by atoms with E-state index in [2.05, 4.69) is 24.1 Å². The maximum atomic E-state index is 2.67. The predicted molar refractivity (Wildman–Crippen MR) is 75.4 cm³/mol. The van der Waals surface area contributed by atoms with Gasteiger partial charge >= 0.3 is 0 Å². The number of rotatable bonds is 0. The van der Waals surface area contributed by atoms with E-state index in [1.807, 2.05) is 5.57 Å². The minimum Gasteiger partial charge on any atom is -0.303 e. The molecule has 2 fully saturated rings. The van der Waals surface area contributed by atoms with Gasteiger partial charge in [0.15, 0.2) is 0 Å². The predicted octanol–water partition coefficient (Wildman–Crippen LogP) is 3.92. The Bertz CT molecular complexity index is 419. The Morgan fingerprint density at radius 1 is 1.28 bits per heavy atom. The molecule has 1 saturated carbocycles. The van der Waals surface area contributed by atoms with Crippen LogP contribution >= 0.6 is 0 Å². The minimum atomic E-state index is 0.633. The van der Waals surface area contributed by atoms with Gasteiger partial charge in [-0.25, -0.2) is 0 Å². The van der Waals surface area contributed by atoms with Crippen molar-refractivity contribution in [2.24, 2.45) is 11.3 Å². The first kappa shape index (κ1) is 11.3. The first-order valence-corrected chi connectivity index (χ1v) is 7.90. The van der Waals surface area contributed by atoms with Gasteiger partial charge in [-0.3, -0.25) is 0 Å². The zero-order valence-electron chi connectivity index (χ0n) is 11.6. The van der Waals surface area contributed by atoms with E-state index in [4.69, 9.17) is 0 Å². The molecule has 0 N–H and O–H groups in total. The molecular weight excluding hydrogens is 218 g/mol. The Morgan fingerprint density at radius 2 is 2.22 bits per heavy atom. The number of hydrogen-bond donors (Lipinski definition) is 0. The van der Waals surface area contributed by atoms with E-state index >= 15 is 0 Å². The van der Waals surface area contributed by atoms with Gasteiger partial charge in [-0.05, 0) is 69.0 Å². The van der Waals surface area contributed by atoms with Crippen molar-refractivity contribution >= 4 is 0 Å². The van der Waals surface area contributed by atoms with Crippen LogP contribution in [-0.2, 0) is 0 Å². The van der Waals surface area contributed by atoms with E-state index in [9.17, 15) is 0 Å². The lowest BCUT2D eigenvalue weighted by atomic mass is 9.51. The maximum absolute atomic E-state index is 2.67. The number of nitrogens with zero attached hydrogens (tertiary/aromatic N) is 1. The smallest absolute Gasteiger partial charge is 0.0169 e. The lowest BCUT2D eigenvalue weighted by Crippen LogP contribution is -2.57. The second-order valence-corrected chi connectivity index (χ2v) is 6.96. The molecule has 1 aliphatic heterocycles. The summed E-state index contributed by atoms with van der Waals surface area (Å²) in [6.07, 6.45) is 16.3. The van der Waals surface area contributed by atoms with Crippen LogP contribution in [0, 0.1) is 11.3 Å². The fourth-order valence-electron chi connectivity index (χ4n) is 5.51. The normalized spacial score (nSPS) is 43.6. The highest BCUT2D eigenvalue weighted by atomic mass is 15.1. The highest BCUT2D eigenvalue weighted by molar-refractivity contribution is 5.40. The molecular formula is C17H25N. The molecule has 2 unspecified atom stereocenters. The monoisotopic (exact) mass is 243 g/mol. The summed E-state index contributed by atoms with van der Waals surface area (Å²) >= 11 is 0. The summed E-state index contributed by atoms with van der Waals surface area (Å²) in [6.45, 7) is 1.33. The SMILES string of the molecule is CN1CC[C@]23CCCCC2C1CC1=C3CCC=C1. The molecule has 0 aromatic carbocycles. The number of hydrogen-bond acceptors (Lipinski definition) is 1. The van der Waals surface area contributed by atoms with Gasteiger partial charge in [0, 0.05) is 6.04 Å². The largest absolute Gasteiger partial charge is 0.303 e. The van der Waals surface area contributed by atoms with Crippen molar-refractivity contribution in [3.63, 3.8) is 0 Å². The molecule has 18 heavy (non-hydrogen) atoms. The van der Waals surface area contributed by atoms with Crippen molar-refractivity contribution < 1.29 is 0 Å². The van der Waals surface area contributed by atoms with Gasteiger partial charge < -0.3 is 4.90 Å². The van der Waals surface area contributed by atoms with Gasteiger partial charge in [0.2, 0.25) is 0 Å². The van der Waals surface area contributed by atoms with E-state index in [0.717, 1.165) is 12.0 Å². The van der Waals surface area contributed by atoms with E-state index in [1.165, 1.54) is 57.9 Å². The summed E-state index contributed by atoms with van der Waals surface area (Å²) < 4.78 is 0. The summed E-state index contributed by atoms with van der Waals surface area (Å²) in [5.41, 5.74) is 4.27. The third-order valence-electron chi connectivity index (χ3n) is 6.34. The van der Waals surface area contributed by atoms with Gasteiger partial charge in [-0.15, -0.1) is 0 Å². The van der Waals surface area contributed by atoms with Crippen LogP contribution in [0.3, 0.4) is 0 Å². The van der Waals surface area contributed by atoms with Crippen LogP contribution < -0.4 is 0 Å². The molecule has 3 atom stereocenters. The molecule has 3 aliphatic carbocycles. The molecule has 1 heteroatoms. The number of piperidine rings is 1. The molecule has 98 valence electrons. The molecule has 4 aliphatic rings. The fraction of sp³-hybridized carbons (Fsp3) is 0.765. The van der Waals surface area contributed by atoms with Crippen molar-refractivity contribution in [2.45, 2.75) is 57.4 Å². The first-order chi connectivity index (χ1) is 8.81. The topological polar surface area (TPSA) is 3.24 Å². The summed E-state index contributed by atoms with van der Waals surface area (Å²) in [7, 11) is 2.36. The number of likely N-dealkylation sites (tertiary alicyclic amines) is 1. The first-order valence-electron chi connectivity index (χ1n) is 7.90. The molecule has 4 rings (SSSR count). The highest BCUT2D eigenvalue weighted by Gasteiger charge is 2.53. The van der Waals surface area contributed by atoms with E-state index < -0.39 is 0 Å². The van der Waals surface area contributed by atoms with Gasteiger partial charge in [-0.2, -0.15) is 0 Å². The van der Waals surface area contributed by atoms with Gasteiger partial charge in [0.25, 0.3) is 0 Å². The zero-order chi connectivity index (χ0) is 12.2. The average Bonchev–Trinajstić information content (AvgIpc) is 2.43. The second-order valence-electron chi connectivity index (χ2n) is 6.96. The fourth-order valence-corrected chi connectivity index (χ4v) is 5.51. The molecule has 1 heterocycles. The van der Waals surface area contributed by atoms with Crippen LogP contribution in [0.2, 0.25) is 0 Å². The van der Waals surface area contributed by atoms with E-state index in [0.29, 0.717) is 5.41 Å². The van der Waals surface area contributed by atoms with Crippen molar-refractivity contribution in [1.29, 1.82) is 0 Å². The van der Waals surface area contributed by atoms with Crippen LogP contribution in [0.5, 0.6) is 0 Å². The van der Waals surface area contributed by atoms with Gasteiger partial charge in [-0.1, -0.05) is 30.6 Å². The van der Waals surface area contributed by atoms with Crippen molar-refractivity contribution in [3.8, 4) is 0 Å². The lowest BCUT2D eigenvalue weighted by Gasteiger charge is -2.59. The molecule has 1 nitrogen and oxygen atoms in total. The molecule has 2 bridgehead atoms. The molecule has 0 radical (unpaired) electrons. The Hall–Kier alpha value is -0.560. The van der Waals surface area contributed by atoms with Crippen LogP contribution in [0.4, 0.5) is 0 Å². The van der Waals surface area contributed by atoms with Crippen molar-refractivity contribution in [2.75, 3.05) is 13.6 Å². The Labute approximate surface area is 111 Å². The molecule has 0 aromatic heterocycles. The van der Waals surface area contributed by atoms with Crippen LogP contribution in [0.1, 0.15) is 51.4 Å². The third-order valence-corrected chi connectivity index (χ3v) is 6.34. The van der Waals surface area contributed by atoms with Crippen LogP contribution in [-0.4, -0.2) is 24.5 Å². The van der Waals surface area contributed by atoms with Crippen LogP contribution in [0.25, 0.3) is 0 Å². The van der Waals surface area contributed by atoms with Gasteiger partial charge in [0.1, 0.15) is 0 Å². The van der Waals surface area contributed by atoms with Crippen molar-refractivity contribution in [3.05, 3.63) is 23.3 Å². The Morgan fingerprint density at radius 3 is 3.17 bits per heavy atom. The highest BCUT2D eigenvalue weighted by Crippen LogP contribution is 2.60. The van der Waals surface area contributed by atoms with E-state index in [1.54, 1.807) is 5.57 Å². The standard InChI is InChI=1S/C17H25N/c1-18-11-10-17-9-5-4-8-15(17)16(18)12-13-6-2-3-7-14(13)17/h2,6,15-16H,3-5,7-12H2,1H3/t15?,16?,17-/m0/s1. The summed E-state index contributed by atoms with van der Waals surface area (Å²) in [6, 6.07) is 0.848. The van der Waals surface area contributed by atoms with Gasteiger partial charge in [0.05, 0.1) is 0 Å². The quantitative estimate of drug-likeness (QED) is 0.623. The summed E-state index contributed by atoms with van der Waals surface area (Å²) in [5.74, 6) is 0.982. The Balaban J connectivity index is 1.84. The van der Waals surface area contributed by atoms with Crippen LogP contribution in [0.15, 0.2) is 23.3 Å². The van der Waals surface area contributed by atoms with Crippen molar-refractivity contribution in [1.82, 2.24) is 4.90 Å². The number of allylic oxidation sites excluding steroid dienone is 3. The average molecular weight is 243 g/mol. The summed E-state index contributed by atoms with van der Waals surface area (Å²) in [5, 5.41) is 0. The molecule has 0 spiro atoms. The maximum Gasteiger partial charge on any atom is 0.0169 e. The lowest BCUT2D eigenvalue weighted by molar-refractivity contribution is -0.0257.